The third-order valence-electron chi connectivity index (χ3n) is 2.37. The Morgan fingerprint density at radius 1 is 1.50 bits per heavy atom. The summed E-state index contributed by atoms with van der Waals surface area (Å²) in [6.07, 6.45) is 1.56. The fourth-order valence-electron chi connectivity index (χ4n) is 1.58. The van der Waals surface area contributed by atoms with Crippen LogP contribution in [0.2, 0.25) is 5.02 Å². The zero-order valence-corrected chi connectivity index (χ0v) is 11.8. The largest absolute Gasteiger partial charge is 0.462 e. The fourth-order valence-corrected chi connectivity index (χ4v) is 2.18. The Morgan fingerprint density at radius 3 is 2.89 bits per heavy atom. The van der Waals surface area contributed by atoms with Gasteiger partial charge in [0.15, 0.2) is 0 Å². The number of hydrogen-bond acceptors (Lipinski definition) is 3. The molecule has 2 heterocycles. The molecule has 0 N–H and O–H groups in total. The predicted octanol–water partition coefficient (Wildman–Crippen LogP) is 2.89. The summed E-state index contributed by atoms with van der Waals surface area (Å²) in [6, 6.07) is 4.80. The minimum atomic E-state index is -0.668. The van der Waals surface area contributed by atoms with Crippen LogP contribution < -0.4 is 5.56 Å². The van der Waals surface area contributed by atoms with Gasteiger partial charge in [-0.3, -0.25) is 9.20 Å². The Balaban J connectivity index is 2.75. The molecule has 0 saturated heterocycles. The Bertz CT molecular complexity index is 681. The van der Waals surface area contributed by atoms with Crippen molar-refractivity contribution in [3.8, 4) is 0 Å². The maximum Gasteiger partial charge on any atom is 0.343 e. The number of hydrogen-bond donors (Lipinski definition) is 0. The monoisotopic (exact) mass is 329 g/mol. The van der Waals surface area contributed by atoms with Crippen LogP contribution in [0.15, 0.2) is 33.7 Å². The van der Waals surface area contributed by atoms with Crippen molar-refractivity contribution >= 4 is 39.0 Å². The first kappa shape index (κ1) is 13.1. The highest BCUT2D eigenvalue weighted by Gasteiger charge is 2.15. The van der Waals surface area contributed by atoms with Gasteiger partial charge >= 0.3 is 5.97 Å². The van der Waals surface area contributed by atoms with E-state index in [1.165, 1.54) is 10.5 Å². The van der Waals surface area contributed by atoms with E-state index in [9.17, 15) is 9.59 Å². The lowest BCUT2D eigenvalue weighted by Gasteiger charge is -2.07. The molecule has 94 valence electrons. The van der Waals surface area contributed by atoms with E-state index >= 15 is 0 Å². The van der Waals surface area contributed by atoms with E-state index in [1.807, 2.05) is 0 Å². The molecule has 2 aromatic rings. The summed E-state index contributed by atoms with van der Waals surface area (Å²) in [5.74, 6) is -0.668. The second-order valence-corrected chi connectivity index (χ2v) is 4.86. The van der Waals surface area contributed by atoms with Gasteiger partial charge < -0.3 is 4.74 Å². The molecule has 0 aliphatic rings. The molecular formula is C12H9BrClNO3. The van der Waals surface area contributed by atoms with Crippen LogP contribution in [0.4, 0.5) is 0 Å². The van der Waals surface area contributed by atoms with Gasteiger partial charge in [-0.15, -0.1) is 0 Å². The highest BCUT2D eigenvalue weighted by molar-refractivity contribution is 9.10. The summed E-state index contributed by atoms with van der Waals surface area (Å²) in [5.41, 5.74) is 0.0181. The molecule has 0 bridgehead atoms. The smallest absolute Gasteiger partial charge is 0.343 e. The number of esters is 1. The summed E-state index contributed by atoms with van der Waals surface area (Å²) in [6.45, 7) is 1.88. The first-order chi connectivity index (χ1) is 8.54. The summed E-state index contributed by atoms with van der Waals surface area (Å²) in [5, 5.41) is 0.324. The van der Waals surface area contributed by atoms with Crippen molar-refractivity contribution in [2.75, 3.05) is 6.61 Å². The molecule has 0 fully saturated rings. The van der Waals surface area contributed by atoms with Crippen LogP contribution in [0, 0.1) is 0 Å². The van der Waals surface area contributed by atoms with E-state index in [1.54, 1.807) is 25.3 Å². The molecule has 0 aliphatic carbocycles. The number of carbonyl (C=O) groups excluding carboxylic acids is 1. The lowest BCUT2D eigenvalue weighted by molar-refractivity contribution is 0.0524. The Hall–Kier alpha value is -1.33. The molecule has 0 amide bonds. The molecule has 0 aliphatic heterocycles. The first-order valence-electron chi connectivity index (χ1n) is 5.22. The van der Waals surface area contributed by atoms with Crippen molar-refractivity contribution in [2.24, 2.45) is 0 Å². The van der Waals surface area contributed by atoms with Crippen molar-refractivity contribution in [1.82, 2.24) is 4.40 Å². The number of aromatic nitrogens is 1. The Morgan fingerprint density at radius 2 is 2.22 bits per heavy atom. The minimum absolute atomic E-state index is 0.0718. The topological polar surface area (TPSA) is 47.8 Å². The zero-order valence-electron chi connectivity index (χ0n) is 9.44. The normalized spacial score (nSPS) is 10.6. The maximum absolute atomic E-state index is 12.1. The van der Waals surface area contributed by atoms with Gasteiger partial charge in [0.05, 0.1) is 17.1 Å². The van der Waals surface area contributed by atoms with Gasteiger partial charge in [-0.1, -0.05) is 11.6 Å². The summed E-state index contributed by atoms with van der Waals surface area (Å²) in [4.78, 5) is 23.8. The van der Waals surface area contributed by atoms with Gasteiger partial charge in [-0.2, -0.15) is 0 Å². The molecule has 4 nitrogen and oxygen atoms in total. The van der Waals surface area contributed by atoms with Crippen LogP contribution in [0.1, 0.15) is 17.3 Å². The van der Waals surface area contributed by atoms with Crippen LogP contribution in [0.3, 0.4) is 0 Å². The standard InChI is InChI=1S/C12H9BrClNO3/c1-2-18-12(17)8-5-9(14)10-4-3-7(13)6-15(10)11(8)16/h3-6H,2H2,1H3. The van der Waals surface area contributed by atoms with E-state index in [2.05, 4.69) is 15.9 Å². The third kappa shape index (κ3) is 2.28. The highest BCUT2D eigenvalue weighted by Crippen LogP contribution is 2.19. The number of ether oxygens (including phenoxy) is 1. The summed E-state index contributed by atoms with van der Waals surface area (Å²) < 4.78 is 6.86. The van der Waals surface area contributed by atoms with E-state index < -0.39 is 11.5 Å². The van der Waals surface area contributed by atoms with E-state index in [0.29, 0.717) is 15.0 Å². The molecule has 0 unspecified atom stereocenters. The minimum Gasteiger partial charge on any atom is -0.462 e. The number of fused-ring (bicyclic) bond motifs is 1. The van der Waals surface area contributed by atoms with Crippen LogP contribution in [-0.2, 0) is 4.74 Å². The lowest BCUT2D eigenvalue weighted by atomic mass is 10.2. The molecule has 0 aromatic carbocycles. The molecule has 0 saturated carbocycles. The molecule has 2 rings (SSSR count). The van der Waals surface area contributed by atoms with Crippen molar-refractivity contribution in [3.05, 3.63) is 49.8 Å². The molecule has 18 heavy (non-hydrogen) atoms. The molecule has 2 aromatic heterocycles. The average Bonchev–Trinajstić information content (AvgIpc) is 2.33. The lowest BCUT2D eigenvalue weighted by Crippen LogP contribution is -2.23. The quantitative estimate of drug-likeness (QED) is 0.796. The fraction of sp³-hybridized carbons (Fsp3) is 0.167. The second kappa shape index (κ2) is 5.12. The zero-order chi connectivity index (χ0) is 13.3. The molecule has 0 spiro atoms. The first-order valence-corrected chi connectivity index (χ1v) is 6.39. The van der Waals surface area contributed by atoms with Gasteiger partial charge in [-0.25, -0.2) is 4.79 Å². The highest BCUT2D eigenvalue weighted by atomic mass is 79.9. The van der Waals surface area contributed by atoms with Crippen molar-refractivity contribution in [3.63, 3.8) is 0 Å². The van der Waals surface area contributed by atoms with Gasteiger partial charge in [-0.05, 0) is 41.1 Å². The van der Waals surface area contributed by atoms with Crippen molar-refractivity contribution in [2.45, 2.75) is 6.92 Å². The SMILES string of the molecule is CCOC(=O)c1cc(Cl)c2ccc(Br)cn2c1=O. The van der Waals surface area contributed by atoms with Crippen LogP contribution in [0.25, 0.3) is 5.52 Å². The number of carbonyl (C=O) groups is 1. The molecule has 0 radical (unpaired) electrons. The van der Waals surface area contributed by atoms with Crippen LogP contribution in [0.5, 0.6) is 0 Å². The predicted molar refractivity (Wildman–Crippen MR) is 72.3 cm³/mol. The van der Waals surface area contributed by atoms with Gasteiger partial charge in [0.25, 0.3) is 5.56 Å². The van der Waals surface area contributed by atoms with Crippen LogP contribution >= 0.6 is 27.5 Å². The molecule has 0 atom stereocenters. The van der Waals surface area contributed by atoms with Crippen LogP contribution in [-0.4, -0.2) is 17.0 Å². The van der Waals surface area contributed by atoms with Gasteiger partial charge in [0.1, 0.15) is 5.56 Å². The number of nitrogens with zero attached hydrogens (tertiary/aromatic N) is 1. The average molecular weight is 331 g/mol. The third-order valence-corrected chi connectivity index (χ3v) is 3.14. The molecule has 6 heteroatoms. The summed E-state index contributed by atoms with van der Waals surface area (Å²) in [7, 11) is 0. The van der Waals surface area contributed by atoms with E-state index in [-0.39, 0.29) is 12.2 Å². The van der Waals surface area contributed by atoms with Gasteiger partial charge in [0.2, 0.25) is 0 Å². The van der Waals surface area contributed by atoms with Gasteiger partial charge in [0, 0.05) is 10.7 Å². The number of pyridine rings is 2. The second-order valence-electron chi connectivity index (χ2n) is 3.53. The number of halogens is 2. The van der Waals surface area contributed by atoms with E-state index in [4.69, 9.17) is 16.3 Å². The van der Waals surface area contributed by atoms with Crippen molar-refractivity contribution in [1.29, 1.82) is 0 Å². The summed E-state index contributed by atoms with van der Waals surface area (Å²) >= 11 is 9.31. The Kier molecular flexibility index (Phi) is 3.73. The van der Waals surface area contributed by atoms with Crippen molar-refractivity contribution < 1.29 is 9.53 Å². The Labute approximate surface area is 116 Å². The van der Waals surface area contributed by atoms with E-state index in [0.717, 1.165) is 0 Å². The molecular weight excluding hydrogens is 321 g/mol. The number of rotatable bonds is 2. The maximum atomic E-state index is 12.1.